The number of sulfonamides is 1. The maximum Gasteiger partial charge on any atom is 0.263 e. The molecule has 8 nitrogen and oxygen atoms in total. The van der Waals surface area contributed by atoms with Crippen LogP contribution in [0.1, 0.15) is 26.9 Å². The molecule has 1 fully saturated rings. The molecule has 0 aliphatic carbocycles. The van der Waals surface area contributed by atoms with Gasteiger partial charge in [0.15, 0.2) is 0 Å². The van der Waals surface area contributed by atoms with E-state index >= 15 is 0 Å². The predicted octanol–water partition coefficient (Wildman–Crippen LogP) is 5.56. The summed E-state index contributed by atoms with van der Waals surface area (Å²) in [6.45, 7) is 0.471. The van der Waals surface area contributed by atoms with Crippen molar-refractivity contribution in [2.75, 3.05) is 15.8 Å². The Hall–Kier alpha value is -3.86. The molecule has 2 N–H and O–H groups in total. The average molecular weight is 579 g/mol. The lowest BCUT2D eigenvalue weighted by Crippen LogP contribution is -2.27. The van der Waals surface area contributed by atoms with Crippen molar-refractivity contribution in [3.05, 3.63) is 119 Å². The number of hydrogen-bond donors (Lipinski definition) is 2. The van der Waals surface area contributed by atoms with Crippen molar-refractivity contribution in [3.8, 4) is 0 Å². The summed E-state index contributed by atoms with van der Waals surface area (Å²) in [4.78, 5) is 31.2. The van der Waals surface area contributed by atoms with Crippen LogP contribution in [-0.2, 0) is 21.4 Å². The molecule has 1 unspecified atom stereocenters. The smallest absolute Gasteiger partial charge is 0.263 e. The molecule has 0 bridgehead atoms. The minimum atomic E-state index is -3.82. The van der Waals surface area contributed by atoms with Crippen LogP contribution in [0.2, 0.25) is 5.02 Å². The molecule has 3 aromatic carbocycles. The average Bonchev–Trinajstić information content (AvgIpc) is 3.30. The monoisotopic (exact) mass is 578 g/mol. The van der Waals surface area contributed by atoms with E-state index in [0.717, 1.165) is 11.1 Å². The van der Waals surface area contributed by atoms with E-state index in [1.807, 2.05) is 29.2 Å². The molecular weight excluding hydrogens is 556 g/mol. The number of carbonyl (C=O) groups excluding carboxylic acids is 2. The van der Waals surface area contributed by atoms with Gasteiger partial charge >= 0.3 is 0 Å². The Labute approximate surface area is 235 Å². The Kier molecular flexibility index (Phi) is 7.87. The van der Waals surface area contributed by atoms with Gasteiger partial charge in [0.1, 0.15) is 11.2 Å². The zero-order chi connectivity index (χ0) is 27.4. The van der Waals surface area contributed by atoms with E-state index in [0.29, 0.717) is 28.6 Å². The van der Waals surface area contributed by atoms with Crippen molar-refractivity contribution < 1.29 is 18.0 Å². The number of pyridine rings is 1. The number of aromatic nitrogens is 1. The summed E-state index contributed by atoms with van der Waals surface area (Å²) in [5.74, 6) is 0.329. The van der Waals surface area contributed by atoms with Gasteiger partial charge in [0.05, 0.1) is 10.6 Å². The Morgan fingerprint density at radius 3 is 2.36 bits per heavy atom. The quantitative estimate of drug-likeness (QED) is 0.283. The van der Waals surface area contributed by atoms with Crippen LogP contribution in [0.4, 0.5) is 11.5 Å². The van der Waals surface area contributed by atoms with E-state index in [9.17, 15) is 18.0 Å². The number of carbonyl (C=O) groups is 2. The number of benzene rings is 3. The summed E-state index contributed by atoms with van der Waals surface area (Å²) in [7, 11) is -3.82. The lowest BCUT2D eigenvalue weighted by molar-refractivity contribution is -0.128. The van der Waals surface area contributed by atoms with E-state index in [1.54, 1.807) is 54.2 Å². The molecule has 1 aliphatic rings. The van der Waals surface area contributed by atoms with Gasteiger partial charge in [0.25, 0.3) is 15.9 Å². The number of amides is 2. The van der Waals surface area contributed by atoms with Gasteiger partial charge in [0.2, 0.25) is 5.91 Å². The Morgan fingerprint density at radius 2 is 1.69 bits per heavy atom. The largest absolute Gasteiger partial charge is 0.322 e. The van der Waals surface area contributed by atoms with Crippen LogP contribution in [0, 0.1) is 0 Å². The molecule has 1 aliphatic heterocycles. The summed E-state index contributed by atoms with van der Waals surface area (Å²) in [5.41, 5.74) is 2.80. The zero-order valence-electron chi connectivity index (χ0n) is 20.5. The Balaban J connectivity index is 1.23. The molecule has 198 valence electrons. The second-order valence-corrected chi connectivity index (χ2v) is 11.9. The van der Waals surface area contributed by atoms with Gasteiger partial charge in [-0.25, -0.2) is 13.4 Å². The van der Waals surface area contributed by atoms with Crippen LogP contribution >= 0.6 is 23.4 Å². The molecule has 39 heavy (non-hydrogen) atoms. The van der Waals surface area contributed by atoms with Crippen LogP contribution < -0.4 is 10.0 Å². The Bertz CT molecular complexity index is 1580. The number of thioether (sulfide) groups is 1. The van der Waals surface area contributed by atoms with E-state index < -0.39 is 10.0 Å². The summed E-state index contributed by atoms with van der Waals surface area (Å²) < 4.78 is 27.6. The normalized spacial score (nSPS) is 15.3. The lowest BCUT2D eigenvalue weighted by atomic mass is 10.1. The number of nitrogens with zero attached hydrogens (tertiary/aromatic N) is 2. The topological polar surface area (TPSA) is 108 Å². The first-order valence-corrected chi connectivity index (χ1v) is 14.8. The summed E-state index contributed by atoms with van der Waals surface area (Å²) in [6, 6.07) is 25.3. The van der Waals surface area contributed by atoms with Gasteiger partial charge in [0, 0.05) is 29.0 Å². The first kappa shape index (κ1) is 26.7. The van der Waals surface area contributed by atoms with Crippen LogP contribution in [0.25, 0.3) is 0 Å². The fourth-order valence-electron chi connectivity index (χ4n) is 4.03. The summed E-state index contributed by atoms with van der Waals surface area (Å²) in [5, 5.41) is 3.27. The highest BCUT2D eigenvalue weighted by Crippen LogP contribution is 2.39. The third-order valence-corrected chi connectivity index (χ3v) is 8.90. The summed E-state index contributed by atoms with van der Waals surface area (Å²) >= 11 is 7.53. The SMILES string of the molecule is O=C(Nc1ccc(S(=O)(=O)Nc2ccccn2)cc1)c1ccc(C2SCC(=O)N2Cc2ccc(Cl)cc2)cc1. The molecule has 11 heteroatoms. The van der Waals surface area contributed by atoms with Crippen LogP contribution in [-0.4, -0.2) is 35.9 Å². The molecule has 1 atom stereocenters. The first-order chi connectivity index (χ1) is 18.8. The van der Waals surface area contributed by atoms with Crippen molar-refractivity contribution in [1.29, 1.82) is 0 Å². The molecule has 2 heterocycles. The maximum atomic E-state index is 12.8. The van der Waals surface area contributed by atoms with Gasteiger partial charge in [-0.3, -0.25) is 14.3 Å². The molecule has 1 aromatic heterocycles. The third kappa shape index (κ3) is 6.42. The highest BCUT2D eigenvalue weighted by atomic mass is 35.5. The second-order valence-electron chi connectivity index (χ2n) is 8.73. The van der Waals surface area contributed by atoms with Crippen molar-refractivity contribution in [3.63, 3.8) is 0 Å². The first-order valence-electron chi connectivity index (χ1n) is 11.9. The van der Waals surface area contributed by atoms with E-state index in [2.05, 4.69) is 15.0 Å². The molecule has 2 amide bonds. The molecule has 0 spiro atoms. The fraction of sp³-hybridized carbons (Fsp3) is 0.107. The predicted molar refractivity (Wildman–Crippen MR) is 153 cm³/mol. The minimum Gasteiger partial charge on any atom is -0.322 e. The highest BCUT2D eigenvalue weighted by Gasteiger charge is 2.32. The van der Waals surface area contributed by atoms with Crippen molar-refractivity contribution >= 4 is 56.7 Å². The standard InChI is InChI=1S/C28H23ClN4O4S2/c29-22-10-4-19(5-11-22)17-33-26(34)18-38-28(33)21-8-6-20(7-9-21)27(35)31-23-12-14-24(15-13-23)39(36,37)32-25-3-1-2-16-30-25/h1-16,28H,17-18H2,(H,30,32)(H,31,35). The second kappa shape index (κ2) is 11.5. The van der Waals surface area contributed by atoms with Crippen molar-refractivity contribution in [1.82, 2.24) is 9.88 Å². The number of nitrogens with one attached hydrogen (secondary N) is 2. The maximum absolute atomic E-state index is 12.8. The van der Waals surface area contributed by atoms with E-state index in [1.165, 1.54) is 30.5 Å². The van der Waals surface area contributed by atoms with Crippen LogP contribution in [0.15, 0.2) is 102 Å². The van der Waals surface area contributed by atoms with Gasteiger partial charge < -0.3 is 10.2 Å². The van der Waals surface area contributed by atoms with Gasteiger partial charge in [-0.15, -0.1) is 11.8 Å². The Morgan fingerprint density at radius 1 is 0.974 bits per heavy atom. The molecular formula is C28H23ClN4O4S2. The van der Waals surface area contributed by atoms with Gasteiger partial charge in [-0.1, -0.05) is 41.9 Å². The van der Waals surface area contributed by atoms with Crippen LogP contribution in [0.5, 0.6) is 0 Å². The lowest BCUT2D eigenvalue weighted by Gasteiger charge is -2.24. The van der Waals surface area contributed by atoms with Crippen LogP contribution in [0.3, 0.4) is 0 Å². The number of rotatable bonds is 8. The number of hydrogen-bond acceptors (Lipinski definition) is 6. The van der Waals surface area contributed by atoms with E-state index in [-0.39, 0.29) is 27.9 Å². The molecule has 4 aromatic rings. The van der Waals surface area contributed by atoms with Crippen molar-refractivity contribution in [2.24, 2.45) is 0 Å². The fourth-order valence-corrected chi connectivity index (χ4v) is 6.35. The molecule has 0 radical (unpaired) electrons. The third-order valence-electron chi connectivity index (χ3n) is 6.02. The number of halogens is 1. The molecule has 0 saturated carbocycles. The minimum absolute atomic E-state index is 0.0438. The highest BCUT2D eigenvalue weighted by molar-refractivity contribution is 8.00. The molecule has 5 rings (SSSR count). The number of anilines is 2. The van der Waals surface area contributed by atoms with E-state index in [4.69, 9.17) is 11.6 Å². The molecule has 1 saturated heterocycles. The zero-order valence-corrected chi connectivity index (χ0v) is 22.8. The van der Waals surface area contributed by atoms with Gasteiger partial charge in [-0.2, -0.15) is 0 Å². The summed E-state index contributed by atoms with van der Waals surface area (Å²) in [6.07, 6.45) is 1.49. The van der Waals surface area contributed by atoms with Gasteiger partial charge in [-0.05, 0) is 71.8 Å². The van der Waals surface area contributed by atoms with Crippen molar-refractivity contribution in [2.45, 2.75) is 16.8 Å².